The first-order valence-electron chi connectivity index (χ1n) is 8.64. The van der Waals surface area contributed by atoms with Gasteiger partial charge in [0.15, 0.2) is 5.78 Å². The third-order valence-electron chi connectivity index (χ3n) is 4.05. The maximum atomic E-state index is 12.5. The lowest BCUT2D eigenvalue weighted by atomic mass is 10.1. The molecule has 28 heavy (non-hydrogen) atoms. The number of thiocarbonyl (C=S) groups is 1. The van der Waals surface area contributed by atoms with Crippen molar-refractivity contribution in [3.05, 3.63) is 57.1 Å². The summed E-state index contributed by atoms with van der Waals surface area (Å²) >= 11 is 8.17. The maximum Gasteiger partial charge on any atom is 0.266 e. The minimum Gasteiger partial charge on any atom is -0.326 e. The molecule has 2 heterocycles. The Morgan fingerprint density at radius 1 is 1.21 bits per heavy atom. The van der Waals surface area contributed by atoms with Crippen molar-refractivity contribution in [2.45, 2.75) is 19.8 Å². The second kappa shape index (κ2) is 9.27. The largest absolute Gasteiger partial charge is 0.326 e. The van der Waals surface area contributed by atoms with Gasteiger partial charge in [-0.25, -0.2) is 0 Å². The van der Waals surface area contributed by atoms with Crippen LogP contribution in [0.4, 0.5) is 5.69 Å². The van der Waals surface area contributed by atoms with Crippen LogP contribution in [0.15, 0.2) is 46.7 Å². The van der Waals surface area contributed by atoms with Crippen molar-refractivity contribution in [1.29, 1.82) is 0 Å². The Bertz CT molecular complexity index is 934. The van der Waals surface area contributed by atoms with Gasteiger partial charge in [-0.3, -0.25) is 19.3 Å². The fraction of sp³-hybridized carbons (Fsp3) is 0.200. The maximum absolute atomic E-state index is 12.5. The van der Waals surface area contributed by atoms with E-state index in [1.54, 1.807) is 40.5 Å². The van der Waals surface area contributed by atoms with Crippen molar-refractivity contribution in [3.63, 3.8) is 0 Å². The molecule has 2 aromatic rings. The van der Waals surface area contributed by atoms with Gasteiger partial charge in [0.25, 0.3) is 5.91 Å². The Labute approximate surface area is 176 Å². The molecule has 0 bridgehead atoms. The number of Topliss-reactive ketones (excluding diaryl/α,β-unsaturated/α-hetero) is 1. The first-order valence-corrected chi connectivity index (χ1v) is 10.7. The van der Waals surface area contributed by atoms with Crippen molar-refractivity contribution in [1.82, 2.24) is 4.90 Å². The summed E-state index contributed by atoms with van der Waals surface area (Å²) in [6.07, 6.45) is 2.63. The summed E-state index contributed by atoms with van der Waals surface area (Å²) in [5, 5.41) is 4.75. The predicted molar refractivity (Wildman–Crippen MR) is 119 cm³/mol. The van der Waals surface area contributed by atoms with Crippen LogP contribution in [0, 0.1) is 0 Å². The molecule has 1 saturated heterocycles. The number of thioether (sulfide) groups is 1. The zero-order chi connectivity index (χ0) is 20.1. The van der Waals surface area contributed by atoms with Crippen LogP contribution in [-0.2, 0) is 9.59 Å². The molecule has 0 radical (unpaired) electrons. The first-order chi connectivity index (χ1) is 13.4. The Morgan fingerprint density at radius 3 is 2.61 bits per heavy atom. The van der Waals surface area contributed by atoms with Crippen LogP contribution in [0.1, 0.15) is 35.0 Å². The van der Waals surface area contributed by atoms with Crippen molar-refractivity contribution < 1.29 is 14.4 Å². The number of hydrogen-bond acceptors (Lipinski definition) is 6. The number of rotatable bonds is 7. The monoisotopic (exact) mass is 430 g/mol. The van der Waals surface area contributed by atoms with Crippen LogP contribution in [0.3, 0.4) is 0 Å². The molecule has 0 saturated carbocycles. The van der Waals surface area contributed by atoms with Crippen molar-refractivity contribution >= 4 is 69.0 Å². The summed E-state index contributed by atoms with van der Waals surface area (Å²) in [6, 6.07) is 10.6. The van der Waals surface area contributed by atoms with Crippen LogP contribution >= 0.6 is 35.3 Å². The molecule has 0 unspecified atom stereocenters. The number of nitrogens with one attached hydrogen (secondary N) is 1. The van der Waals surface area contributed by atoms with Gasteiger partial charge in [0.1, 0.15) is 4.32 Å². The minimum absolute atomic E-state index is 0.0190. The highest BCUT2D eigenvalue weighted by Gasteiger charge is 2.31. The van der Waals surface area contributed by atoms with Crippen molar-refractivity contribution in [2.75, 3.05) is 11.9 Å². The molecule has 3 rings (SSSR count). The highest BCUT2D eigenvalue weighted by molar-refractivity contribution is 8.26. The molecule has 1 aromatic carbocycles. The molecule has 5 nitrogen and oxygen atoms in total. The van der Waals surface area contributed by atoms with Gasteiger partial charge in [-0.2, -0.15) is 0 Å². The van der Waals surface area contributed by atoms with E-state index in [2.05, 4.69) is 5.32 Å². The summed E-state index contributed by atoms with van der Waals surface area (Å²) in [7, 11) is 0. The van der Waals surface area contributed by atoms with Gasteiger partial charge in [-0.05, 0) is 55.1 Å². The van der Waals surface area contributed by atoms with Gasteiger partial charge < -0.3 is 5.32 Å². The summed E-state index contributed by atoms with van der Waals surface area (Å²) in [6.45, 7) is 1.90. The third kappa shape index (κ3) is 5.15. The van der Waals surface area contributed by atoms with E-state index in [1.165, 1.54) is 18.7 Å². The molecular formula is C20H18N2O3S3. The topological polar surface area (TPSA) is 66.5 Å². The second-order valence-electron chi connectivity index (χ2n) is 6.13. The van der Waals surface area contributed by atoms with Crippen LogP contribution in [0.25, 0.3) is 6.08 Å². The Balaban J connectivity index is 1.49. The number of carbonyl (C=O) groups is 3. The standard InChI is InChI=1S/C20H18N2O3S3/c1-13(23)14-6-8-15(9-7-14)21-18(24)5-2-10-22-19(25)17(28-20(22)26)12-16-4-3-11-27-16/h3-4,6-9,11-12H,2,5,10H2,1H3,(H,21,24)/b17-12+. The summed E-state index contributed by atoms with van der Waals surface area (Å²) < 4.78 is 0.521. The Hall–Kier alpha value is -2.29. The van der Waals surface area contributed by atoms with E-state index < -0.39 is 0 Å². The second-order valence-corrected chi connectivity index (χ2v) is 8.79. The first kappa shape index (κ1) is 20.4. The normalized spacial score (nSPS) is 15.3. The van der Waals surface area contributed by atoms with Crippen molar-refractivity contribution in [3.8, 4) is 0 Å². The molecule has 0 aliphatic carbocycles. The summed E-state index contributed by atoms with van der Waals surface area (Å²) in [5.41, 5.74) is 1.24. The Kier molecular flexibility index (Phi) is 6.77. The third-order valence-corrected chi connectivity index (χ3v) is 6.25. The van der Waals surface area contributed by atoms with E-state index in [9.17, 15) is 14.4 Å². The predicted octanol–water partition coefficient (Wildman–Crippen LogP) is 4.57. The van der Waals surface area contributed by atoms with Gasteiger partial charge in [0.05, 0.1) is 4.91 Å². The van der Waals surface area contributed by atoms with Gasteiger partial charge in [-0.15, -0.1) is 11.3 Å². The molecule has 144 valence electrons. The number of hydrogen-bond donors (Lipinski definition) is 1. The minimum atomic E-state index is -0.143. The zero-order valence-electron chi connectivity index (χ0n) is 15.1. The van der Waals surface area contributed by atoms with Crippen LogP contribution < -0.4 is 5.32 Å². The number of nitrogens with zero attached hydrogens (tertiary/aromatic N) is 1. The number of ketones is 1. The Morgan fingerprint density at radius 2 is 1.96 bits per heavy atom. The van der Waals surface area contributed by atoms with E-state index in [0.717, 1.165) is 4.88 Å². The quantitative estimate of drug-likeness (QED) is 0.396. The number of anilines is 1. The summed E-state index contributed by atoms with van der Waals surface area (Å²) in [4.78, 5) is 39.1. The summed E-state index contributed by atoms with van der Waals surface area (Å²) in [5.74, 6) is -0.270. The fourth-order valence-corrected chi connectivity index (χ4v) is 4.64. The number of thiophene rings is 1. The molecule has 0 atom stereocenters. The lowest BCUT2D eigenvalue weighted by molar-refractivity contribution is -0.122. The number of benzene rings is 1. The van der Waals surface area contributed by atoms with Gasteiger partial charge in [0, 0.05) is 29.1 Å². The van der Waals surface area contributed by atoms with Gasteiger partial charge in [0.2, 0.25) is 5.91 Å². The average molecular weight is 431 g/mol. The molecule has 1 aromatic heterocycles. The fourth-order valence-electron chi connectivity index (χ4n) is 2.60. The SMILES string of the molecule is CC(=O)c1ccc(NC(=O)CCCN2C(=O)/C(=C\c3cccs3)SC2=S)cc1. The van der Waals surface area contributed by atoms with Crippen LogP contribution in [-0.4, -0.2) is 33.4 Å². The molecule has 1 N–H and O–H groups in total. The van der Waals surface area contributed by atoms with Crippen LogP contribution in [0.5, 0.6) is 0 Å². The molecule has 8 heteroatoms. The molecule has 1 aliphatic heterocycles. The molecule has 0 spiro atoms. The smallest absolute Gasteiger partial charge is 0.266 e. The van der Waals surface area contributed by atoms with E-state index in [0.29, 0.717) is 33.4 Å². The molecule has 2 amide bonds. The van der Waals surface area contributed by atoms with Crippen LogP contribution in [0.2, 0.25) is 0 Å². The van der Waals surface area contributed by atoms with Gasteiger partial charge >= 0.3 is 0 Å². The molecule has 1 aliphatic rings. The van der Waals surface area contributed by atoms with E-state index in [4.69, 9.17) is 12.2 Å². The molecular weight excluding hydrogens is 412 g/mol. The highest BCUT2D eigenvalue weighted by atomic mass is 32.2. The highest BCUT2D eigenvalue weighted by Crippen LogP contribution is 2.33. The molecule has 1 fully saturated rings. The lowest BCUT2D eigenvalue weighted by Crippen LogP contribution is -2.29. The lowest BCUT2D eigenvalue weighted by Gasteiger charge is -2.14. The van der Waals surface area contributed by atoms with E-state index in [-0.39, 0.29) is 24.0 Å². The van der Waals surface area contributed by atoms with Crippen molar-refractivity contribution in [2.24, 2.45) is 0 Å². The average Bonchev–Trinajstić information content (AvgIpc) is 3.26. The van der Waals surface area contributed by atoms with E-state index >= 15 is 0 Å². The number of carbonyl (C=O) groups excluding carboxylic acids is 3. The zero-order valence-corrected chi connectivity index (χ0v) is 17.6. The van der Waals surface area contributed by atoms with Gasteiger partial charge in [-0.1, -0.05) is 30.0 Å². The number of amides is 2. The van der Waals surface area contributed by atoms with E-state index in [1.807, 2.05) is 23.6 Å².